The summed E-state index contributed by atoms with van der Waals surface area (Å²) in [6.07, 6.45) is 15.3. The molecule has 2 fully saturated rings. The fourth-order valence-corrected chi connectivity index (χ4v) is 7.74. The van der Waals surface area contributed by atoms with Gasteiger partial charge < -0.3 is 39.2 Å². The topological polar surface area (TPSA) is 116 Å². The first kappa shape index (κ1) is 39.9. The van der Waals surface area contributed by atoms with Gasteiger partial charge in [-0.15, -0.1) is 12.8 Å². The lowest BCUT2D eigenvalue weighted by Gasteiger charge is -2.48. The molecule has 2 aromatic rings. The third kappa shape index (κ3) is 8.29. The predicted molar refractivity (Wildman–Crippen MR) is 195 cm³/mol. The highest BCUT2D eigenvalue weighted by Crippen LogP contribution is 2.48. The van der Waals surface area contributed by atoms with Crippen LogP contribution in [0.15, 0.2) is 24.3 Å². The molecule has 5 heterocycles. The standard InChI is InChI=1S/C33H44N4O6.2C2H6.C2H2/c1-4-23-24-16-22(43-32(40)36-14-10-21(11-15-36)35-12-6-5-7-13-35)8-9-28(24)34-31-26(23)18-37-29(31)17-25(30(39)19-38)27(20-42-3)33(37,2)41;3*1-2/h8-9,16-17,19,21,25,27,30,39,41H,4-7,10-15,18,20H2,1-3H3;2*1-2H3;1-2H/t25?,27?,30-,33?;;;/m1.../s1. The summed E-state index contributed by atoms with van der Waals surface area (Å²) >= 11 is 0. The third-order valence-corrected chi connectivity index (χ3v) is 10.2. The van der Waals surface area contributed by atoms with E-state index in [2.05, 4.69) is 24.7 Å². The van der Waals surface area contributed by atoms with Crippen LogP contribution < -0.4 is 4.74 Å². The summed E-state index contributed by atoms with van der Waals surface area (Å²) in [7, 11) is 1.55. The van der Waals surface area contributed by atoms with Gasteiger partial charge in [0.05, 0.1) is 23.5 Å². The number of hydrogen-bond donors (Lipinski definition) is 2. The Hall–Kier alpha value is -3.49. The molecule has 0 saturated carbocycles. The van der Waals surface area contributed by atoms with Crippen LogP contribution in [0, 0.1) is 24.7 Å². The van der Waals surface area contributed by atoms with Gasteiger partial charge in [-0.1, -0.05) is 47.1 Å². The highest BCUT2D eigenvalue weighted by molar-refractivity contribution is 5.89. The quantitative estimate of drug-likeness (QED) is 0.274. The monoisotopic (exact) mass is 678 g/mol. The maximum absolute atomic E-state index is 13.1. The second kappa shape index (κ2) is 18.5. The average Bonchev–Trinajstić information content (AvgIpc) is 3.53. The first-order valence-corrected chi connectivity index (χ1v) is 18.1. The number of benzene rings is 1. The maximum Gasteiger partial charge on any atom is 0.415 e. The molecule has 49 heavy (non-hydrogen) atoms. The minimum absolute atomic E-state index is 0.180. The Bertz CT molecular complexity index is 1440. The number of aliphatic hydroxyl groups is 2. The molecule has 2 saturated heterocycles. The molecule has 4 atom stereocenters. The van der Waals surface area contributed by atoms with E-state index in [1.807, 2.05) is 55.7 Å². The molecule has 1 aromatic carbocycles. The molecule has 0 spiro atoms. The van der Waals surface area contributed by atoms with Crippen molar-refractivity contribution in [1.29, 1.82) is 0 Å². The summed E-state index contributed by atoms with van der Waals surface area (Å²) in [6, 6.07) is 6.11. The normalized spacial score (nSPS) is 24.0. The van der Waals surface area contributed by atoms with Crippen LogP contribution >= 0.6 is 0 Å². The van der Waals surface area contributed by atoms with Gasteiger partial charge in [0.15, 0.2) is 0 Å². The number of aliphatic hydroxyl groups excluding tert-OH is 1. The number of ether oxygens (including phenoxy) is 2. The number of hydrogen-bond acceptors (Lipinski definition) is 9. The zero-order valence-corrected chi connectivity index (χ0v) is 30.7. The molecule has 6 rings (SSSR count). The number of amides is 1. The molecular weight excluding hydrogens is 620 g/mol. The van der Waals surface area contributed by atoms with E-state index in [9.17, 15) is 19.8 Å². The van der Waals surface area contributed by atoms with Crippen LogP contribution in [0.5, 0.6) is 5.75 Å². The molecule has 2 N–H and O–H groups in total. The lowest BCUT2D eigenvalue weighted by molar-refractivity contribution is -0.157. The van der Waals surface area contributed by atoms with Crippen molar-refractivity contribution in [2.24, 2.45) is 11.8 Å². The van der Waals surface area contributed by atoms with Gasteiger partial charge in [0.25, 0.3) is 0 Å². The highest BCUT2D eigenvalue weighted by atomic mass is 16.6. The van der Waals surface area contributed by atoms with E-state index in [4.69, 9.17) is 14.5 Å². The van der Waals surface area contributed by atoms with Gasteiger partial charge in [-0.05, 0) is 75.9 Å². The number of carbonyl (C=O) groups is 2. The van der Waals surface area contributed by atoms with E-state index in [-0.39, 0.29) is 12.7 Å². The number of likely N-dealkylation sites (tertiary alicyclic amines) is 2. The highest BCUT2D eigenvalue weighted by Gasteiger charge is 2.51. The molecule has 0 bridgehead atoms. The van der Waals surface area contributed by atoms with Crippen LogP contribution in [0.2, 0.25) is 0 Å². The molecule has 270 valence electrons. The summed E-state index contributed by atoms with van der Waals surface area (Å²) in [4.78, 5) is 36.0. The predicted octanol–water partition coefficient (Wildman–Crippen LogP) is 5.87. The van der Waals surface area contributed by atoms with Gasteiger partial charge in [-0.3, -0.25) is 0 Å². The molecule has 4 aliphatic rings. The Morgan fingerprint density at radius 2 is 1.76 bits per heavy atom. The van der Waals surface area contributed by atoms with Crippen molar-refractivity contribution in [3.05, 3.63) is 41.1 Å². The van der Waals surface area contributed by atoms with Crippen LogP contribution in [0.25, 0.3) is 16.6 Å². The second-order valence-electron chi connectivity index (χ2n) is 12.6. The lowest BCUT2D eigenvalue weighted by atomic mass is 9.77. The number of pyridine rings is 1. The number of piperidine rings is 2. The molecule has 0 radical (unpaired) electrons. The average molecular weight is 679 g/mol. The van der Waals surface area contributed by atoms with Gasteiger partial charge in [-0.2, -0.15) is 0 Å². The summed E-state index contributed by atoms with van der Waals surface area (Å²) in [5.41, 5.74) is 2.88. The van der Waals surface area contributed by atoms with Gasteiger partial charge in [0.2, 0.25) is 0 Å². The number of aromatic nitrogens is 1. The van der Waals surface area contributed by atoms with Gasteiger partial charge in [-0.25, -0.2) is 9.78 Å². The first-order chi connectivity index (χ1) is 23.8. The minimum Gasteiger partial charge on any atom is -0.410 e. The van der Waals surface area contributed by atoms with Crippen molar-refractivity contribution < 1.29 is 29.3 Å². The smallest absolute Gasteiger partial charge is 0.410 e. The summed E-state index contributed by atoms with van der Waals surface area (Å²) in [5, 5.41) is 23.2. The van der Waals surface area contributed by atoms with E-state index in [1.165, 1.54) is 32.4 Å². The summed E-state index contributed by atoms with van der Waals surface area (Å²) < 4.78 is 11.3. The molecule has 10 heteroatoms. The number of aldehydes is 1. The van der Waals surface area contributed by atoms with Gasteiger partial charge >= 0.3 is 6.09 Å². The molecule has 1 aromatic heterocycles. The van der Waals surface area contributed by atoms with Crippen molar-refractivity contribution in [3.63, 3.8) is 0 Å². The number of rotatable bonds is 7. The summed E-state index contributed by atoms with van der Waals surface area (Å²) in [6.45, 7) is 16.2. The number of nitrogens with zero attached hydrogens (tertiary/aromatic N) is 4. The largest absolute Gasteiger partial charge is 0.415 e. The van der Waals surface area contributed by atoms with Crippen molar-refractivity contribution in [2.45, 2.75) is 104 Å². The molecule has 4 aliphatic heterocycles. The van der Waals surface area contributed by atoms with Crippen molar-refractivity contribution in [2.75, 3.05) is 39.9 Å². The molecule has 3 unspecified atom stereocenters. The van der Waals surface area contributed by atoms with E-state index in [0.29, 0.717) is 49.8 Å². The van der Waals surface area contributed by atoms with Crippen LogP contribution in [0.3, 0.4) is 0 Å². The zero-order chi connectivity index (χ0) is 36.3. The Labute approximate surface area is 293 Å². The van der Waals surface area contributed by atoms with Gasteiger partial charge in [0.1, 0.15) is 23.9 Å². The molecular formula is C39H58N4O6. The van der Waals surface area contributed by atoms with Crippen LogP contribution in [0.4, 0.5) is 4.79 Å². The number of fused-ring (bicyclic) bond motifs is 4. The van der Waals surface area contributed by atoms with E-state index < -0.39 is 23.7 Å². The van der Waals surface area contributed by atoms with Crippen LogP contribution in [0.1, 0.15) is 90.5 Å². The Morgan fingerprint density at radius 3 is 2.35 bits per heavy atom. The van der Waals surface area contributed by atoms with E-state index in [0.717, 1.165) is 40.6 Å². The van der Waals surface area contributed by atoms with Crippen molar-refractivity contribution in [1.82, 2.24) is 19.7 Å². The number of methoxy groups -OCH3 is 1. The minimum atomic E-state index is -1.38. The van der Waals surface area contributed by atoms with E-state index in [1.54, 1.807) is 20.1 Å². The second-order valence-corrected chi connectivity index (χ2v) is 12.6. The lowest BCUT2D eigenvalue weighted by Crippen LogP contribution is -2.57. The van der Waals surface area contributed by atoms with Gasteiger partial charge in [0, 0.05) is 55.6 Å². The van der Waals surface area contributed by atoms with Crippen molar-refractivity contribution in [3.8, 4) is 18.6 Å². The molecule has 0 aliphatic carbocycles. The van der Waals surface area contributed by atoms with Crippen LogP contribution in [-0.4, -0.2) is 100 Å². The maximum atomic E-state index is 13.1. The first-order valence-electron chi connectivity index (χ1n) is 18.1. The van der Waals surface area contributed by atoms with E-state index >= 15 is 0 Å². The number of terminal acetylenes is 1. The van der Waals surface area contributed by atoms with Crippen molar-refractivity contribution >= 4 is 29.0 Å². The fourth-order valence-electron chi connectivity index (χ4n) is 7.74. The third-order valence-electron chi connectivity index (χ3n) is 10.2. The Kier molecular flexibility index (Phi) is 15.1. The van der Waals surface area contributed by atoms with Crippen LogP contribution in [-0.2, 0) is 22.5 Å². The molecule has 10 nitrogen and oxygen atoms in total. The SMILES string of the molecule is C#C.CC.CC.CCc1c2c(nc3ccc(OC(=O)N4CCC(N5CCCCC5)CC4)cc13)C1=CC([C@H](O)C=O)C(COC)C(C)(O)N1C2. The molecule has 1 amide bonds. The fraction of sp³-hybridized carbons (Fsp3) is 0.615. The Morgan fingerprint density at radius 1 is 1.10 bits per heavy atom. The number of aryl methyl sites for hydroxylation is 1. The number of carbonyl (C=O) groups excluding carboxylic acids is 2. The Balaban J connectivity index is 0.00000103. The zero-order valence-electron chi connectivity index (χ0n) is 30.7. The summed E-state index contributed by atoms with van der Waals surface area (Å²) in [5.74, 6) is -0.659.